The van der Waals surface area contributed by atoms with Gasteiger partial charge in [-0.05, 0) is 50.3 Å². The largest absolute Gasteiger partial charge is 0.462 e. The van der Waals surface area contributed by atoms with Gasteiger partial charge in [-0.1, -0.05) is 0 Å². The van der Waals surface area contributed by atoms with Gasteiger partial charge in [-0.25, -0.2) is 4.98 Å². The highest BCUT2D eigenvalue weighted by molar-refractivity contribution is 7.18. The van der Waals surface area contributed by atoms with E-state index in [1.54, 1.807) is 23.5 Å². The SMILES string of the molecule is Cc1ccc(/C=C(\C#N)c2nc3sc4c(c3c(=O)[nH]2)CCCC4)o1. The van der Waals surface area contributed by atoms with Gasteiger partial charge >= 0.3 is 0 Å². The summed E-state index contributed by atoms with van der Waals surface area (Å²) in [6.07, 6.45) is 5.82. The summed E-state index contributed by atoms with van der Waals surface area (Å²) in [5.74, 6) is 1.63. The van der Waals surface area contributed by atoms with Crippen molar-refractivity contribution in [3.05, 3.63) is 50.3 Å². The van der Waals surface area contributed by atoms with Crippen LogP contribution < -0.4 is 5.56 Å². The van der Waals surface area contributed by atoms with E-state index in [1.807, 2.05) is 13.0 Å². The Morgan fingerprint density at radius 1 is 1.42 bits per heavy atom. The summed E-state index contributed by atoms with van der Waals surface area (Å²) in [5.41, 5.74) is 1.27. The molecule has 1 N–H and O–H groups in total. The van der Waals surface area contributed by atoms with E-state index in [-0.39, 0.29) is 11.1 Å². The first-order valence-corrected chi connectivity index (χ1v) is 8.70. The molecule has 3 aromatic rings. The van der Waals surface area contributed by atoms with Gasteiger partial charge in [0.15, 0.2) is 5.82 Å². The van der Waals surface area contributed by atoms with E-state index < -0.39 is 0 Å². The number of fused-ring (bicyclic) bond motifs is 3. The number of aromatic nitrogens is 2. The molecule has 0 unspecified atom stereocenters. The number of nitrogens with one attached hydrogen (secondary N) is 1. The topological polar surface area (TPSA) is 82.7 Å². The van der Waals surface area contributed by atoms with Crippen molar-refractivity contribution in [1.82, 2.24) is 9.97 Å². The van der Waals surface area contributed by atoms with E-state index in [0.29, 0.717) is 17.0 Å². The van der Waals surface area contributed by atoms with Crippen molar-refractivity contribution >= 4 is 33.2 Å². The lowest BCUT2D eigenvalue weighted by Crippen LogP contribution is -2.12. The van der Waals surface area contributed by atoms with Crippen LogP contribution >= 0.6 is 11.3 Å². The molecule has 0 aliphatic heterocycles. The molecule has 0 radical (unpaired) electrons. The first-order chi connectivity index (χ1) is 11.7. The molecular weight excluding hydrogens is 322 g/mol. The number of H-pyrrole nitrogens is 1. The molecule has 5 nitrogen and oxygen atoms in total. The number of nitrogens with zero attached hydrogens (tertiary/aromatic N) is 2. The minimum atomic E-state index is -0.161. The van der Waals surface area contributed by atoms with Crippen LogP contribution in [0, 0.1) is 18.3 Å². The van der Waals surface area contributed by atoms with E-state index in [0.717, 1.165) is 41.8 Å². The molecule has 4 rings (SSSR count). The zero-order chi connectivity index (χ0) is 16.7. The maximum atomic E-state index is 12.6. The molecule has 0 aromatic carbocycles. The summed E-state index contributed by atoms with van der Waals surface area (Å²) in [6, 6.07) is 5.71. The third-order valence-electron chi connectivity index (χ3n) is 4.25. The molecule has 3 heterocycles. The van der Waals surface area contributed by atoms with Crippen LogP contribution in [0.25, 0.3) is 21.9 Å². The van der Waals surface area contributed by atoms with Crippen molar-refractivity contribution in [2.24, 2.45) is 0 Å². The van der Waals surface area contributed by atoms with Crippen molar-refractivity contribution in [2.75, 3.05) is 0 Å². The number of thiophene rings is 1. The molecule has 0 saturated heterocycles. The molecular formula is C18H15N3O2S. The van der Waals surface area contributed by atoms with Gasteiger partial charge in [0.25, 0.3) is 5.56 Å². The Kier molecular flexibility index (Phi) is 3.58. The highest BCUT2D eigenvalue weighted by Crippen LogP contribution is 2.33. The van der Waals surface area contributed by atoms with Gasteiger partial charge in [-0.2, -0.15) is 5.26 Å². The van der Waals surface area contributed by atoms with Crippen LogP contribution in [0.5, 0.6) is 0 Å². The van der Waals surface area contributed by atoms with Crippen molar-refractivity contribution in [1.29, 1.82) is 5.26 Å². The molecule has 1 aliphatic carbocycles. The predicted molar refractivity (Wildman–Crippen MR) is 93.8 cm³/mol. The van der Waals surface area contributed by atoms with Crippen LogP contribution in [-0.2, 0) is 12.8 Å². The molecule has 0 fully saturated rings. The van der Waals surface area contributed by atoms with Gasteiger partial charge in [-0.15, -0.1) is 11.3 Å². The van der Waals surface area contributed by atoms with E-state index >= 15 is 0 Å². The Balaban J connectivity index is 1.86. The van der Waals surface area contributed by atoms with Crippen molar-refractivity contribution in [2.45, 2.75) is 32.6 Å². The zero-order valence-corrected chi connectivity index (χ0v) is 14.0. The monoisotopic (exact) mass is 337 g/mol. The molecule has 0 amide bonds. The molecule has 24 heavy (non-hydrogen) atoms. The third-order valence-corrected chi connectivity index (χ3v) is 5.43. The number of aromatic amines is 1. The Hall–Kier alpha value is -2.65. The van der Waals surface area contributed by atoms with Crippen LogP contribution in [0.4, 0.5) is 0 Å². The summed E-state index contributed by atoms with van der Waals surface area (Å²) in [4.78, 5) is 21.9. The van der Waals surface area contributed by atoms with Crippen LogP contribution in [0.15, 0.2) is 21.3 Å². The molecule has 0 spiro atoms. The standard InChI is InChI=1S/C18H15N3O2S/c1-10-6-7-12(23-10)8-11(9-19)16-20-17(22)15-13-4-2-3-5-14(13)24-18(15)21-16/h6-8H,2-5H2,1H3,(H,20,21,22)/b11-8+. The van der Waals surface area contributed by atoms with E-state index in [2.05, 4.69) is 16.0 Å². The van der Waals surface area contributed by atoms with Crippen molar-refractivity contribution in [3.63, 3.8) is 0 Å². The van der Waals surface area contributed by atoms with Gasteiger partial charge in [0.1, 0.15) is 22.4 Å². The summed E-state index contributed by atoms with van der Waals surface area (Å²) in [5, 5.41) is 10.2. The lowest BCUT2D eigenvalue weighted by molar-refractivity contribution is 0.525. The first kappa shape index (κ1) is 14.9. The van der Waals surface area contributed by atoms with Crippen molar-refractivity contribution < 1.29 is 4.42 Å². The molecule has 1 aliphatic rings. The second-order valence-corrected chi connectivity index (χ2v) is 7.01. The number of furan rings is 1. The molecule has 3 aromatic heterocycles. The van der Waals surface area contributed by atoms with Crippen LogP contribution in [-0.4, -0.2) is 9.97 Å². The average molecular weight is 337 g/mol. The molecule has 0 saturated carbocycles. The number of nitriles is 1. The van der Waals surface area contributed by atoms with E-state index in [4.69, 9.17) is 4.42 Å². The van der Waals surface area contributed by atoms with Crippen LogP contribution in [0.2, 0.25) is 0 Å². The molecule has 120 valence electrons. The van der Waals surface area contributed by atoms with Crippen molar-refractivity contribution in [3.8, 4) is 6.07 Å². The van der Waals surface area contributed by atoms with E-state index in [1.165, 1.54) is 4.88 Å². The summed E-state index contributed by atoms with van der Waals surface area (Å²) in [7, 11) is 0. The predicted octanol–water partition coefficient (Wildman–Crippen LogP) is 3.83. The molecule has 0 atom stereocenters. The lowest BCUT2D eigenvalue weighted by Gasteiger charge is -2.09. The zero-order valence-electron chi connectivity index (χ0n) is 13.2. The summed E-state index contributed by atoms with van der Waals surface area (Å²) in [6.45, 7) is 1.84. The number of hydrogen-bond acceptors (Lipinski definition) is 5. The Labute approximate surface area is 142 Å². The highest BCUT2D eigenvalue weighted by atomic mass is 32.1. The second kappa shape index (κ2) is 5.77. The first-order valence-electron chi connectivity index (χ1n) is 7.89. The Bertz CT molecular complexity index is 1060. The fraction of sp³-hybridized carbons (Fsp3) is 0.278. The number of rotatable bonds is 2. The second-order valence-electron chi connectivity index (χ2n) is 5.92. The number of hydrogen-bond donors (Lipinski definition) is 1. The van der Waals surface area contributed by atoms with Crippen LogP contribution in [0.3, 0.4) is 0 Å². The Morgan fingerprint density at radius 3 is 3.00 bits per heavy atom. The number of allylic oxidation sites excluding steroid dienone is 1. The maximum absolute atomic E-state index is 12.6. The lowest BCUT2D eigenvalue weighted by atomic mass is 9.97. The van der Waals surface area contributed by atoms with Gasteiger partial charge < -0.3 is 9.40 Å². The van der Waals surface area contributed by atoms with Crippen LogP contribution in [0.1, 0.15) is 40.6 Å². The van der Waals surface area contributed by atoms with Gasteiger partial charge in [-0.3, -0.25) is 4.79 Å². The molecule has 0 bridgehead atoms. The van der Waals surface area contributed by atoms with Gasteiger partial charge in [0.05, 0.1) is 11.0 Å². The summed E-state index contributed by atoms with van der Waals surface area (Å²) < 4.78 is 5.48. The average Bonchev–Trinajstić information content (AvgIpc) is 3.15. The van der Waals surface area contributed by atoms with Gasteiger partial charge in [0.2, 0.25) is 0 Å². The quantitative estimate of drug-likeness (QED) is 0.720. The van der Waals surface area contributed by atoms with Gasteiger partial charge in [0, 0.05) is 11.0 Å². The number of aryl methyl sites for hydroxylation is 3. The minimum absolute atomic E-state index is 0.161. The fourth-order valence-corrected chi connectivity index (χ4v) is 4.38. The van der Waals surface area contributed by atoms with E-state index in [9.17, 15) is 10.1 Å². The normalized spacial score (nSPS) is 14.6. The minimum Gasteiger partial charge on any atom is -0.462 e. The Morgan fingerprint density at radius 2 is 2.25 bits per heavy atom. The molecule has 6 heteroatoms. The smallest absolute Gasteiger partial charge is 0.260 e. The highest BCUT2D eigenvalue weighted by Gasteiger charge is 2.20. The third kappa shape index (κ3) is 2.47. The fourth-order valence-electron chi connectivity index (χ4n) is 3.12. The maximum Gasteiger partial charge on any atom is 0.260 e. The summed E-state index contributed by atoms with van der Waals surface area (Å²) >= 11 is 1.58.